The number of benzene rings is 1. The number of hydrogen-bond donors (Lipinski definition) is 1. The van der Waals surface area contributed by atoms with Gasteiger partial charge in [0, 0.05) is 22.9 Å². The van der Waals surface area contributed by atoms with Crippen molar-refractivity contribution in [2.45, 2.75) is 19.4 Å². The van der Waals surface area contributed by atoms with Gasteiger partial charge in [0.05, 0.1) is 4.34 Å². The summed E-state index contributed by atoms with van der Waals surface area (Å²) in [5.41, 5.74) is 0.353. The summed E-state index contributed by atoms with van der Waals surface area (Å²) in [4.78, 5) is 1.04. The third-order valence-corrected chi connectivity index (χ3v) is 4.10. The van der Waals surface area contributed by atoms with Gasteiger partial charge in [0.15, 0.2) is 11.6 Å². The molecule has 2 aromatic rings. The molecule has 0 spiro atoms. The minimum Gasteiger partial charge on any atom is -0.310 e. The Balaban J connectivity index is 2.26. The molecule has 0 radical (unpaired) electrons. The molecule has 1 nitrogen and oxygen atoms in total. The Morgan fingerprint density at radius 1 is 1.26 bits per heavy atom. The van der Waals surface area contributed by atoms with Gasteiger partial charge in [-0.05, 0) is 24.7 Å². The van der Waals surface area contributed by atoms with Gasteiger partial charge in [-0.25, -0.2) is 8.78 Å². The predicted octanol–water partition coefficient (Wildman–Crippen LogP) is 4.57. The summed E-state index contributed by atoms with van der Waals surface area (Å²) in [6, 6.07) is 7.74. The minimum absolute atomic E-state index is 0.254. The molecule has 1 aromatic carbocycles. The summed E-state index contributed by atoms with van der Waals surface area (Å²) in [6.45, 7) is 2.62. The molecule has 1 heterocycles. The maximum atomic E-state index is 13.8. The van der Waals surface area contributed by atoms with Gasteiger partial charge >= 0.3 is 0 Å². The Bertz CT molecular complexity index is 556. The third-order valence-electron chi connectivity index (χ3n) is 2.84. The first kappa shape index (κ1) is 14.4. The highest BCUT2D eigenvalue weighted by molar-refractivity contribution is 7.16. The molecule has 1 atom stereocenters. The molecule has 5 heteroatoms. The molecule has 2 rings (SSSR count). The van der Waals surface area contributed by atoms with Crippen LogP contribution < -0.4 is 5.32 Å². The lowest BCUT2D eigenvalue weighted by Crippen LogP contribution is -2.24. The molecule has 19 heavy (non-hydrogen) atoms. The van der Waals surface area contributed by atoms with E-state index < -0.39 is 11.6 Å². The first-order chi connectivity index (χ1) is 9.11. The van der Waals surface area contributed by atoms with Crippen LogP contribution in [0.15, 0.2) is 30.3 Å². The lowest BCUT2D eigenvalue weighted by molar-refractivity contribution is 0.465. The van der Waals surface area contributed by atoms with Crippen molar-refractivity contribution in [1.29, 1.82) is 0 Å². The second-order valence-corrected chi connectivity index (χ2v) is 5.96. The van der Waals surface area contributed by atoms with Crippen LogP contribution in [0.25, 0.3) is 0 Å². The average Bonchev–Trinajstić information content (AvgIpc) is 2.78. The van der Waals surface area contributed by atoms with Gasteiger partial charge in [-0.1, -0.05) is 30.7 Å². The minimum atomic E-state index is -0.815. The summed E-state index contributed by atoms with van der Waals surface area (Å²) in [7, 11) is 0. The maximum Gasteiger partial charge on any atom is 0.163 e. The van der Waals surface area contributed by atoms with E-state index in [0.29, 0.717) is 22.9 Å². The van der Waals surface area contributed by atoms with Gasteiger partial charge in [-0.3, -0.25) is 0 Å². The Labute approximate surface area is 120 Å². The fourth-order valence-electron chi connectivity index (χ4n) is 1.99. The van der Waals surface area contributed by atoms with Crippen LogP contribution in [0.1, 0.15) is 23.4 Å². The summed E-state index contributed by atoms with van der Waals surface area (Å²) in [6.07, 6.45) is 0.589. The SMILES string of the molecule is CCNC(Cc1ccc(Cl)s1)c1cccc(F)c1F. The summed E-state index contributed by atoms with van der Waals surface area (Å²) < 4.78 is 27.8. The van der Waals surface area contributed by atoms with Gasteiger partial charge in [-0.15, -0.1) is 11.3 Å². The monoisotopic (exact) mass is 301 g/mol. The molecule has 0 fully saturated rings. The van der Waals surface area contributed by atoms with Gasteiger partial charge in [0.25, 0.3) is 0 Å². The van der Waals surface area contributed by atoms with Gasteiger partial charge in [-0.2, -0.15) is 0 Å². The van der Waals surface area contributed by atoms with E-state index in [1.54, 1.807) is 6.07 Å². The fourth-order valence-corrected chi connectivity index (χ4v) is 3.12. The highest BCUT2D eigenvalue weighted by Crippen LogP contribution is 2.28. The summed E-state index contributed by atoms with van der Waals surface area (Å²) in [5, 5.41) is 3.18. The molecule has 1 unspecified atom stereocenters. The van der Waals surface area contributed by atoms with E-state index in [4.69, 9.17) is 11.6 Å². The topological polar surface area (TPSA) is 12.0 Å². The second kappa shape index (κ2) is 6.46. The van der Waals surface area contributed by atoms with E-state index in [9.17, 15) is 8.78 Å². The van der Waals surface area contributed by atoms with Crippen molar-refractivity contribution in [3.05, 3.63) is 56.7 Å². The van der Waals surface area contributed by atoms with Gasteiger partial charge < -0.3 is 5.32 Å². The molecule has 1 aromatic heterocycles. The van der Waals surface area contributed by atoms with Crippen LogP contribution >= 0.6 is 22.9 Å². The molecule has 102 valence electrons. The van der Waals surface area contributed by atoms with Crippen LogP contribution in [-0.2, 0) is 6.42 Å². The van der Waals surface area contributed by atoms with Crippen molar-refractivity contribution in [3.63, 3.8) is 0 Å². The molecule has 0 aliphatic rings. The van der Waals surface area contributed by atoms with Crippen LogP contribution in [0, 0.1) is 11.6 Å². The number of nitrogens with one attached hydrogen (secondary N) is 1. The second-order valence-electron chi connectivity index (χ2n) is 4.16. The Kier molecular flexibility index (Phi) is 4.91. The van der Waals surface area contributed by atoms with Crippen LogP contribution in [-0.4, -0.2) is 6.54 Å². The largest absolute Gasteiger partial charge is 0.310 e. The van der Waals surface area contributed by atoms with Crippen LogP contribution in [0.3, 0.4) is 0 Å². The quantitative estimate of drug-likeness (QED) is 0.853. The zero-order chi connectivity index (χ0) is 13.8. The molecule has 0 saturated carbocycles. The highest BCUT2D eigenvalue weighted by Gasteiger charge is 2.18. The van der Waals surface area contributed by atoms with E-state index >= 15 is 0 Å². The number of hydrogen-bond acceptors (Lipinski definition) is 2. The molecule has 0 bridgehead atoms. The van der Waals surface area contributed by atoms with E-state index in [-0.39, 0.29) is 6.04 Å². The Morgan fingerprint density at radius 2 is 2.05 bits per heavy atom. The molecular formula is C14H14ClF2NS. The summed E-state index contributed by atoms with van der Waals surface area (Å²) >= 11 is 7.34. The summed E-state index contributed by atoms with van der Waals surface area (Å²) in [5.74, 6) is -1.60. The first-order valence-corrected chi connectivity index (χ1v) is 7.22. The molecule has 1 N–H and O–H groups in total. The normalized spacial score (nSPS) is 12.6. The number of likely N-dealkylation sites (N-methyl/N-ethyl adjacent to an activating group) is 1. The van der Waals surface area contributed by atoms with Crippen LogP contribution in [0.2, 0.25) is 4.34 Å². The zero-order valence-electron chi connectivity index (χ0n) is 10.4. The van der Waals surface area contributed by atoms with Crippen molar-refractivity contribution >= 4 is 22.9 Å². The van der Waals surface area contributed by atoms with Crippen molar-refractivity contribution in [1.82, 2.24) is 5.32 Å². The van der Waals surface area contributed by atoms with E-state index in [1.807, 2.05) is 19.1 Å². The van der Waals surface area contributed by atoms with Crippen molar-refractivity contribution < 1.29 is 8.78 Å². The standard InChI is InChI=1S/C14H14ClF2NS/c1-2-18-12(8-9-6-7-13(15)19-9)10-4-3-5-11(16)14(10)17/h3-7,12,18H,2,8H2,1H3. The maximum absolute atomic E-state index is 13.8. The number of halogens is 3. The third kappa shape index (κ3) is 3.53. The van der Waals surface area contributed by atoms with Crippen molar-refractivity contribution in [3.8, 4) is 0 Å². The number of rotatable bonds is 5. The molecular weight excluding hydrogens is 288 g/mol. The Hall–Kier alpha value is -0.970. The smallest absolute Gasteiger partial charge is 0.163 e. The zero-order valence-corrected chi connectivity index (χ0v) is 12.0. The lowest BCUT2D eigenvalue weighted by atomic mass is 10.0. The van der Waals surface area contributed by atoms with Gasteiger partial charge in [0.2, 0.25) is 0 Å². The van der Waals surface area contributed by atoms with Crippen LogP contribution in [0.4, 0.5) is 8.78 Å². The Morgan fingerprint density at radius 3 is 2.68 bits per heavy atom. The predicted molar refractivity (Wildman–Crippen MR) is 75.8 cm³/mol. The average molecular weight is 302 g/mol. The van der Waals surface area contributed by atoms with Gasteiger partial charge in [0.1, 0.15) is 0 Å². The molecule has 0 aliphatic carbocycles. The van der Waals surface area contributed by atoms with Crippen LogP contribution in [0.5, 0.6) is 0 Å². The highest BCUT2D eigenvalue weighted by atomic mass is 35.5. The van der Waals surface area contributed by atoms with E-state index in [1.165, 1.54) is 17.4 Å². The van der Waals surface area contributed by atoms with E-state index in [0.717, 1.165) is 10.9 Å². The molecule has 0 amide bonds. The molecule has 0 saturated heterocycles. The van der Waals surface area contributed by atoms with Crippen molar-refractivity contribution in [2.24, 2.45) is 0 Å². The lowest BCUT2D eigenvalue weighted by Gasteiger charge is -2.18. The first-order valence-electron chi connectivity index (χ1n) is 6.03. The number of thiophene rings is 1. The van der Waals surface area contributed by atoms with E-state index in [2.05, 4.69) is 5.32 Å². The van der Waals surface area contributed by atoms with Crippen molar-refractivity contribution in [2.75, 3.05) is 6.54 Å². The molecule has 0 aliphatic heterocycles. The fraction of sp³-hybridized carbons (Fsp3) is 0.286.